The zero-order chi connectivity index (χ0) is 15.3. The van der Waals surface area contributed by atoms with Gasteiger partial charge in [0, 0.05) is 0 Å². The minimum absolute atomic E-state index is 0. The average Bonchev–Trinajstić information content (AvgIpc) is 3.28. The first-order valence-corrected chi connectivity index (χ1v) is 10.6. The van der Waals surface area contributed by atoms with Gasteiger partial charge in [-0.2, -0.15) is 0 Å². The maximum atomic E-state index is 12.1. The van der Waals surface area contributed by atoms with E-state index in [1.54, 1.807) is 7.11 Å². The molecule has 0 fully saturated rings. The van der Waals surface area contributed by atoms with Crippen LogP contribution in [-0.2, 0) is 28.7 Å². The SMILES string of the molecule is CO[CH](CCO)[Ti+2][C]1=C2C(=CC(=O)C3=C2[SiH2]3)c2ccccc21.[Cl-].[Cl-]. The monoisotopic (exact) mass is 414 g/mol. The fourth-order valence-electron chi connectivity index (χ4n) is 3.31. The van der Waals surface area contributed by atoms with E-state index in [0.29, 0.717) is 6.42 Å². The normalized spacial score (nSPS) is 18.8. The van der Waals surface area contributed by atoms with Crippen LogP contribution in [0.4, 0.5) is 0 Å². The average molecular weight is 415 g/mol. The topological polar surface area (TPSA) is 46.5 Å². The summed E-state index contributed by atoms with van der Waals surface area (Å²) in [5.41, 5.74) is 4.99. The molecule has 2 aliphatic carbocycles. The Morgan fingerprint density at radius 2 is 1.92 bits per heavy atom. The number of hydrogen-bond acceptors (Lipinski definition) is 3. The number of carbonyl (C=O) groups excluding carboxylic acids is 1. The second-order valence-electron chi connectivity index (χ2n) is 5.73. The zero-order valence-electron chi connectivity index (χ0n) is 13.1. The summed E-state index contributed by atoms with van der Waals surface area (Å²) in [6.07, 6.45) is 2.54. The summed E-state index contributed by atoms with van der Waals surface area (Å²) in [7, 11) is 1.29. The molecule has 0 radical (unpaired) electrons. The third-order valence-electron chi connectivity index (χ3n) is 4.45. The first-order chi connectivity index (χ1) is 10.7. The van der Waals surface area contributed by atoms with E-state index in [0.717, 1.165) is 10.8 Å². The van der Waals surface area contributed by atoms with E-state index < -0.39 is 28.7 Å². The third-order valence-corrected chi connectivity index (χ3v) is 8.80. The number of hydrogen-bond donors (Lipinski definition) is 1. The smallest absolute Gasteiger partial charge is 1.00 e. The van der Waals surface area contributed by atoms with Gasteiger partial charge in [0.2, 0.25) is 0 Å². The second kappa shape index (κ2) is 7.83. The largest absolute Gasteiger partial charge is 1.00 e. The molecule has 3 aliphatic rings. The molecule has 1 unspecified atom stereocenters. The van der Waals surface area contributed by atoms with Crippen molar-refractivity contribution < 1.29 is 58.6 Å². The van der Waals surface area contributed by atoms with Gasteiger partial charge in [-0.15, -0.1) is 0 Å². The summed E-state index contributed by atoms with van der Waals surface area (Å²) in [5, 5.41) is 11.7. The Morgan fingerprint density at radius 3 is 2.58 bits per heavy atom. The van der Waals surface area contributed by atoms with Gasteiger partial charge in [0.25, 0.3) is 0 Å². The molecule has 24 heavy (non-hydrogen) atoms. The fourth-order valence-corrected chi connectivity index (χ4v) is 7.39. The Labute approximate surface area is 164 Å². The van der Waals surface area contributed by atoms with Gasteiger partial charge in [0.05, 0.1) is 0 Å². The summed E-state index contributed by atoms with van der Waals surface area (Å²) in [4.78, 5) is 12.1. The summed E-state index contributed by atoms with van der Waals surface area (Å²) in [6.45, 7) is 0.163. The van der Waals surface area contributed by atoms with Crippen LogP contribution in [0.2, 0.25) is 0 Å². The van der Waals surface area contributed by atoms with Crippen LogP contribution in [0.3, 0.4) is 0 Å². The van der Waals surface area contributed by atoms with Crippen LogP contribution in [0, 0.1) is 0 Å². The molecule has 0 spiro atoms. The third kappa shape index (κ3) is 3.17. The van der Waals surface area contributed by atoms with E-state index >= 15 is 0 Å². The molecule has 1 aromatic rings. The number of allylic oxidation sites excluding steroid dienone is 5. The number of benzene rings is 1. The van der Waals surface area contributed by atoms with Crippen LogP contribution in [-0.4, -0.2) is 38.5 Å². The Bertz CT molecular complexity index is 786. The summed E-state index contributed by atoms with van der Waals surface area (Å²) in [5.74, 6) is 0.245. The van der Waals surface area contributed by atoms with Crippen molar-refractivity contribution in [3.05, 3.63) is 57.4 Å². The van der Waals surface area contributed by atoms with Crippen LogP contribution in [0.1, 0.15) is 17.5 Å². The molecule has 0 amide bonds. The van der Waals surface area contributed by atoms with Gasteiger partial charge in [-0.3, -0.25) is 0 Å². The van der Waals surface area contributed by atoms with E-state index in [-0.39, 0.29) is 41.6 Å². The Hall–Kier alpha value is -0.459. The standard InChI is InChI=1S/C13H7OSi.C4H9O2.2ClH.Ti/c14-11-6-9-8-4-2-1-3-7(8)5-10(9)12-13(11)15-12;1-6-4-2-3-5;;;/h1-4,6H,15H2;4-5H,2-3H2,1H3;2*1H;/q;;;;+2/p-2. The summed E-state index contributed by atoms with van der Waals surface area (Å²) in [6, 6.07) is 8.40. The molecule has 1 aromatic carbocycles. The predicted molar refractivity (Wildman–Crippen MR) is 84.4 cm³/mol. The van der Waals surface area contributed by atoms with E-state index in [4.69, 9.17) is 4.74 Å². The number of carbonyl (C=O) groups is 1. The van der Waals surface area contributed by atoms with Crippen molar-refractivity contribution in [1.82, 2.24) is 0 Å². The van der Waals surface area contributed by atoms with Crippen molar-refractivity contribution in [2.75, 3.05) is 13.7 Å². The predicted octanol–water partition coefficient (Wildman–Crippen LogP) is -4.78. The molecule has 0 aromatic heterocycles. The van der Waals surface area contributed by atoms with Crippen molar-refractivity contribution in [3.8, 4) is 0 Å². The number of ketones is 1. The van der Waals surface area contributed by atoms with Crippen LogP contribution in [0.5, 0.6) is 0 Å². The first-order valence-electron chi connectivity index (χ1n) is 7.47. The van der Waals surface area contributed by atoms with Gasteiger partial charge in [-0.05, 0) is 0 Å². The molecule has 1 N–H and O–H groups in total. The van der Waals surface area contributed by atoms with Gasteiger partial charge in [-0.1, -0.05) is 0 Å². The molecule has 124 valence electrons. The zero-order valence-corrected chi connectivity index (χ0v) is 17.6. The number of fused-ring (bicyclic) bond motifs is 4. The number of halogens is 2. The fraction of sp³-hybridized carbons (Fsp3) is 0.235. The van der Waals surface area contributed by atoms with Gasteiger partial charge in [0.1, 0.15) is 0 Å². The Morgan fingerprint density at radius 1 is 1.21 bits per heavy atom. The minimum atomic E-state index is -0.526. The van der Waals surface area contributed by atoms with Crippen molar-refractivity contribution in [2.45, 2.75) is 10.8 Å². The van der Waals surface area contributed by atoms with Crippen LogP contribution >= 0.6 is 0 Å². The van der Waals surface area contributed by atoms with Crippen LogP contribution in [0.15, 0.2) is 46.3 Å². The number of ether oxygens (including phenoxy) is 1. The molecule has 3 nitrogen and oxygen atoms in total. The second-order valence-corrected chi connectivity index (χ2v) is 9.74. The minimum Gasteiger partial charge on any atom is -1.00 e. The molecule has 7 heteroatoms. The van der Waals surface area contributed by atoms with Crippen LogP contribution < -0.4 is 24.8 Å². The van der Waals surface area contributed by atoms with E-state index in [9.17, 15) is 9.90 Å². The molecule has 0 bridgehead atoms. The molecule has 1 heterocycles. The van der Waals surface area contributed by atoms with E-state index in [2.05, 4.69) is 18.2 Å². The molecule has 0 saturated carbocycles. The molecular formula is C17H16Cl2O3SiTi. The number of aliphatic hydroxyl groups excluding tert-OH is 1. The number of aliphatic hydroxyl groups is 1. The Balaban J connectivity index is 0.00000104. The van der Waals surface area contributed by atoms with Gasteiger partial charge >= 0.3 is 141 Å². The number of methoxy groups -OCH3 is 1. The van der Waals surface area contributed by atoms with Crippen molar-refractivity contribution in [3.63, 3.8) is 0 Å². The Kier molecular flexibility index (Phi) is 6.48. The van der Waals surface area contributed by atoms with Crippen molar-refractivity contribution in [1.29, 1.82) is 0 Å². The molecule has 4 rings (SSSR count). The van der Waals surface area contributed by atoms with Crippen molar-refractivity contribution >= 4 is 24.8 Å². The van der Waals surface area contributed by atoms with E-state index in [1.807, 2.05) is 12.1 Å². The summed E-state index contributed by atoms with van der Waals surface area (Å²) < 4.78 is 7.15. The molecular weight excluding hydrogens is 399 g/mol. The van der Waals surface area contributed by atoms with Crippen molar-refractivity contribution in [2.24, 2.45) is 0 Å². The summed E-state index contributed by atoms with van der Waals surface area (Å²) >= 11 is -0.526. The van der Waals surface area contributed by atoms with Crippen LogP contribution in [0.25, 0.3) is 9.45 Å². The quantitative estimate of drug-likeness (QED) is 0.492. The maximum absolute atomic E-state index is 12.1. The molecule has 1 atom stereocenters. The maximum Gasteiger partial charge on any atom is -1.00 e. The molecule has 0 saturated heterocycles. The molecule has 1 aliphatic heterocycles. The first kappa shape index (κ1) is 19.9. The van der Waals surface area contributed by atoms with Gasteiger partial charge in [-0.25, -0.2) is 0 Å². The van der Waals surface area contributed by atoms with Gasteiger partial charge in [0.15, 0.2) is 0 Å². The van der Waals surface area contributed by atoms with E-state index in [1.165, 1.54) is 25.8 Å². The number of rotatable bonds is 5. The van der Waals surface area contributed by atoms with Gasteiger partial charge < -0.3 is 24.8 Å².